The summed E-state index contributed by atoms with van der Waals surface area (Å²) in [5.74, 6) is -1.13. The van der Waals surface area contributed by atoms with Crippen LogP contribution in [0.2, 0.25) is 0 Å². The summed E-state index contributed by atoms with van der Waals surface area (Å²) in [6.07, 6.45) is -4.43. The minimum atomic E-state index is -4.75. The lowest BCUT2D eigenvalue weighted by Crippen LogP contribution is -2.42. The van der Waals surface area contributed by atoms with Crippen molar-refractivity contribution < 1.29 is 36.2 Å². The van der Waals surface area contributed by atoms with Gasteiger partial charge in [-0.2, -0.15) is 17.9 Å². The number of ether oxygens (including phenoxy) is 1. The Hall–Kier alpha value is -2.83. The van der Waals surface area contributed by atoms with Crippen molar-refractivity contribution in [3.8, 4) is 5.75 Å². The van der Waals surface area contributed by atoms with Gasteiger partial charge in [0.15, 0.2) is 0 Å². The number of carbonyl (C=O) groups is 1. The Morgan fingerprint density at radius 2 is 1.90 bits per heavy atom. The Balaban J connectivity index is 2.20. The molecule has 2 rings (SSSR count). The lowest BCUT2D eigenvalue weighted by Gasteiger charge is -2.17. The third kappa shape index (κ3) is 6.84. The van der Waals surface area contributed by atoms with E-state index < -0.39 is 38.7 Å². The van der Waals surface area contributed by atoms with Gasteiger partial charge >= 0.3 is 12.1 Å². The molecule has 0 aliphatic carbocycles. The standard InChI is InChI=1S/C19H22F3N3O5S/c20-19(21,22)13-3-1-4-14(11-13)31(28,29)25-16(18(26)27)10-12-5-6-17(15(24)9-12)30-8-2-7-23/h1,3-6,9,11,16,25H,2,7-8,10,23-24H2,(H,26,27)/t16-/m0/s1. The first-order valence-electron chi connectivity index (χ1n) is 9.07. The molecule has 0 bridgehead atoms. The molecule has 12 heteroatoms. The molecule has 0 fully saturated rings. The molecule has 0 aromatic heterocycles. The van der Waals surface area contributed by atoms with Crippen molar-refractivity contribution >= 4 is 21.7 Å². The van der Waals surface area contributed by atoms with E-state index in [0.29, 0.717) is 43.0 Å². The van der Waals surface area contributed by atoms with Gasteiger partial charge in [-0.3, -0.25) is 4.79 Å². The van der Waals surface area contributed by atoms with Gasteiger partial charge in [-0.25, -0.2) is 8.42 Å². The summed E-state index contributed by atoms with van der Waals surface area (Å²) in [4.78, 5) is 10.9. The lowest BCUT2D eigenvalue weighted by molar-refractivity contribution is -0.139. The van der Waals surface area contributed by atoms with Gasteiger partial charge in [0.2, 0.25) is 10.0 Å². The number of nitrogen functional groups attached to an aromatic ring is 1. The van der Waals surface area contributed by atoms with Crippen molar-refractivity contribution in [1.82, 2.24) is 4.72 Å². The van der Waals surface area contributed by atoms with E-state index in [9.17, 15) is 31.5 Å². The molecule has 0 amide bonds. The number of benzene rings is 2. The van der Waals surface area contributed by atoms with E-state index in [1.165, 1.54) is 18.2 Å². The topological polar surface area (TPSA) is 145 Å². The molecule has 0 saturated heterocycles. The molecule has 0 saturated carbocycles. The molecule has 31 heavy (non-hydrogen) atoms. The average molecular weight is 461 g/mol. The number of carboxylic acid groups (broad SMARTS) is 1. The second kappa shape index (κ2) is 9.98. The summed E-state index contributed by atoms with van der Waals surface area (Å²) in [6.45, 7) is 0.777. The second-order valence-electron chi connectivity index (χ2n) is 6.60. The van der Waals surface area contributed by atoms with Crippen molar-refractivity contribution in [3.05, 3.63) is 53.6 Å². The maximum atomic E-state index is 12.9. The first kappa shape index (κ1) is 24.4. The highest BCUT2D eigenvalue weighted by Crippen LogP contribution is 2.30. The number of carboxylic acids is 1. The van der Waals surface area contributed by atoms with Crippen molar-refractivity contribution in [3.63, 3.8) is 0 Å². The first-order chi connectivity index (χ1) is 14.4. The number of nitrogens with one attached hydrogen (secondary N) is 1. The molecule has 6 N–H and O–H groups in total. The van der Waals surface area contributed by atoms with Crippen molar-refractivity contribution in [2.45, 2.75) is 30.0 Å². The lowest BCUT2D eigenvalue weighted by atomic mass is 10.1. The zero-order chi connectivity index (χ0) is 23.2. The van der Waals surface area contributed by atoms with Gasteiger partial charge in [-0.05, 0) is 55.3 Å². The van der Waals surface area contributed by atoms with E-state index >= 15 is 0 Å². The van der Waals surface area contributed by atoms with E-state index in [0.717, 1.165) is 12.1 Å². The molecule has 0 unspecified atom stereocenters. The summed E-state index contributed by atoms with van der Waals surface area (Å²) in [7, 11) is -4.54. The molecule has 8 nitrogen and oxygen atoms in total. The van der Waals surface area contributed by atoms with Crippen LogP contribution in [-0.2, 0) is 27.4 Å². The van der Waals surface area contributed by atoms with Crippen molar-refractivity contribution in [1.29, 1.82) is 0 Å². The SMILES string of the molecule is NCCCOc1ccc(C[C@H](NS(=O)(=O)c2cccc(C(F)(F)F)c2)C(=O)O)cc1N. The van der Waals surface area contributed by atoms with Crippen LogP contribution >= 0.6 is 0 Å². The number of nitrogens with two attached hydrogens (primary N) is 2. The number of rotatable bonds is 10. The number of hydrogen-bond acceptors (Lipinski definition) is 6. The van der Waals surface area contributed by atoms with Crippen LogP contribution in [0.15, 0.2) is 47.4 Å². The molecule has 0 aliphatic rings. The number of anilines is 1. The predicted octanol–water partition coefficient (Wildman–Crippen LogP) is 1.99. The summed E-state index contributed by atoms with van der Waals surface area (Å²) in [5, 5.41) is 9.42. The smallest absolute Gasteiger partial charge is 0.416 e. The fraction of sp³-hybridized carbons (Fsp3) is 0.316. The largest absolute Gasteiger partial charge is 0.491 e. The van der Waals surface area contributed by atoms with Crippen LogP contribution < -0.4 is 20.9 Å². The number of sulfonamides is 1. The van der Waals surface area contributed by atoms with E-state index in [2.05, 4.69) is 0 Å². The highest BCUT2D eigenvalue weighted by molar-refractivity contribution is 7.89. The molecule has 1 atom stereocenters. The molecule has 0 radical (unpaired) electrons. The molecule has 170 valence electrons. The molecular formula is C19H22F3N3O5S. The fourth-order valence-electron chi connectivity index (χ4n) is 2.63. The third-order valence-corrected chi connectivity index (χ3v) is 5.66. The van der Waals surface area contributed by atoms with Crippen molar-refractivity contribution in [2.75, 3.05) is 18.9 Å². The molecule has 2 aromatic rings. The Labute approximate surface area is 177 Å². The van der Waals surface area contributed by atoms with Gasteiger partial charge in [-0.1, -0.05) is 12.1 Å². The minimum absolute atomic E-state index is 0.222. The number of hydrogen-bond donors (Lipinski definition) is 4. The molecule has 2 aromatic carbocycles. The predicted molar refractivity (Wildman–Crippen MR) is 107 cm³/mol. The van der Waals surface area contributed by atoms with Gasteiger partial charge in [0.05, 0.1) is 22.8 Å². The normalized spacial score (nSPS) is 13.0. The monoisotopic (exact) mass is 461 g/mol. The van der Waals surface area contributed by atoms with E-state index in [1.54, 1.807) is 0 Å². The highest BCUT2D eigenvalue weighted by Gasteiger charge is 2.32. The molecule has 0 heterocycles. The molecule has 0 spiro atoms. The highest BCUT2D eigenvalue weighted by atomic mass is 32.2. The van der Waals surface area contributed by atoms with Crippen molar-refractivity contribution in [2.24, 2.45) is 5.73 Å². The quantitative estimate of drug-likeness (QED) is 0.313. The van der Waals surface area contributed by atoms with Gasteiger partial charge in [0, 0.05) is 0 Å². The van der Waals surface area contributed by atoms with Crippen LogP contribution in [0.25, 0.3) is 0 Å². The number of aliphatic carboxylic acids is 1. The van der Waals surface area contributed by atoms with E-state index in [4.69, 9.17) is 16.2 Å². The summed E-state index contributed by atoms with van der Waals surface area (Å²) in [5.41, 5.74) is 10.7. The van der Waals surface area contributed by atoms with Crippen LogP contribution in [0.3, 0.4) is 0 Å². The van der Waals surface area contributed by atoms with E-state index in [1.807, 2.05) is 4.72 Å². The van der Waals surface area contributed by atoms with Crippen LogP contribution in [0.5, 0.6) is 5.75 Å². The van der Waals surface area contributed by atoms with Gasteiger partial charge in [0.25, 0.3) is 0 Å². The molecule has 0 aliphatic heterocycles. The fourth-order valence-corrected chi connectivity index (χ4v) is 3.87. The van der Waals surface area contributed by atoms with Gasteiger partial charge in [0.1, 0.15) is 11.8 Å². The number of alkyl halides is 3. The average Bonchev–Trinajstić information content (AvgIpc) is 2.68. The maximum absolute atomic E-state index is 12.9. The number of halogens is 3. The second-order valence-corrected chi connectivity index (χ2v) is 8.32. The van der Waals surface area contributed by atoms with Crippen LogP contribution in [0.1, 0.15) is 17.5 Å². The van der Waals surface area contributed by atoms with Crippen LogP contribution in [0, 0.1) is 0 Å². The summed E-state index contributed by atoms with van der Waals surface area (Å²) >= 11 is 0. The minimum Gasteiger partial charge on any atom is -0.491 e. The first-order valence-corrected chi connectivity index (χ1v) is 10.6. The van der Waals surface area contributed by atoms with E-state index in [-0.39, 0.29) is 12.1 Å². The zero-order valence-electron chi connectivity index (χ0n) is 16.2. The van der Waals surface area contributed by atoms with Crippen LogP contribution in [0.4, 0.5) is 18.9 Å². The Kier molecular flexibility index (Phi) is 7.87. The van der Waals surface area contributed by atoms with Crippen LogP contribution in [-0.4, -0.2) is 38.7 Å². The maximum Gasteiger partial charge on any atom is 0.416 e. The summed E-state index contributed by atoms with van der Waals surface area (Å²) < 4.78 is 70.9. The zero-order valence-corrected chi connectivity index (χ0v) is 17.0. The third-order valence-electron chi connectivity index (χ3n) is 4.19. The molecular weight excluding hydrogens is 439 g/mol. The van der Waals surface area contributed by atoms with Gasteiger partial charge in [-0.15, -0.1) is 0 Å². The Bertz CT molecular complexity index is 1030. The Morgan fingerprint density at radius 1 is 1.19 bits per heavy atom. The van der Waals surface area contributed by atoms with Gasteiger partial charge < -0.3 is 21.3 Å². The summed E-state index contributed by atoms with van der Waals surface area (Å²) in [6, 6.07) is 5.86. The Morgan fingerprint density at radius 3 is 2.48 bits per heavy atom.